The first-order valence-electron chi connectivity index (χ1n) is 9.60. The molecule has 0 spiro atoms. The van der Waals surface area contributed by atoms with Gasteiger partial charge in [-0.05, 0) is 30.3 Å². The highest BCUT2D eigenvalue weighted by Gasteiger charge is 2.25. The van der Waals surface area contributed by atoms with Crippen molar-refractivity contribution in [3.8, 4) is 10.8 Å². The maximum atomic E-state index is 12.9. The van der Waals surface area contributed by atoms with Gasteiger partial charge < -0.3 is 19.0 Å². The van der Waals surface area contributed by atoms with Gasteiger partial charge in [0, 0.05) is 47.1 Å². The van der Waals surface area contributed by atoms with Crippen molar-refractivity contribution in [1.82, 2.24) is 14.9 Å². The number of methoxy groups -OCH3 is 1. The van der Waals surface area contributed by atoms with Crippen molar-refractivity contribution in [3.05, 3.63) is 64.5 Å². The number of amides is 1. The molecule has 1 aromatic carbocycles. The van der Waals surface area contributed by atoms with Gasteiger partial charge in [0.15, 0.2) is 10.8 Å². The summed E-state index contributed by atoms with van der Waals surface area (Å²) < 4.78 is 10.2. The fraction of sp³-hybridized carbons (Fsp3) is 0.227. The van der Waals surface area contributed by atoms with Crippen molar-refractivity contribution in [3.63, 3.8) is 0 Å². The molecule has 5 rings (SSSR count). The number of benzene rings is 1. The summed E-state index contributed by atoms with van der Waals surface area (Å²) in [5.41, 5.74) is 4.39. The first-order chi connectivity index (χ1) is 14.6. The molecule has 4 heterocycles. The summed E-state index contributed by atoms with van der Waals surface area (Å²) in [6.07, 6.45) is 2.61. The van der Waals surface area contributed by atoms with Crippen LogP contribution >= 0.6 is 11.3 Å². The van der Waals surface area contributed by atoms with Crippen LogP contribution in [0.3, 0.4) is 0 Å². The topological polar surface area (TPSA) is 88.4 Å². The Kier molecular flexibility index (Phi) is 4.63. The first-order valence-corrected chi connectivity index (χ1v) is 10.5. The van der Waals surface area contributed by atoms with Gasteiger partial charge in [-0.3, -0.25) is 4.79 Å². The van der Waals surface area contributed by atoms with Crippen LogP contribution in [0.1, 0.15) is 27.3 Å². The molecular formula is C22H19N3O4S. The number of hydrogen-bond donors (Lipinski definition) is 1. The lowest BCUT2D eigenvalue weighted by Gasteiger charge is -2.27. The summed E-state index contributed by atoms with van der Waals surface area (Å²) >= 11 is 1.47. The van der Waals surface area contributed by atoms with Crippen molar-refractivity contribution in [1.29, 1.82) is 0 Å². The van der Waals surface area contributed by atoms with Crippen molar-refractivity contribution in [2.24, 2.45) is 0 Å². The van der Waals surface area contributed by atoms with E-state index in [0.717, 1.165) is 39.3 Å². The van der Waals surface area contributed by atoms with E-state index >= 15 is 0 Å². The molecule has 152 valence electrons. The monoisotopic (exact) mass is 421 g/mol. The second-order valence-electron chi connectivity index (χ2n) is 7.20. The molecule has 1 N–H and O–H groups in total. The summed E-state index contributed by atoms with van der Waals surface area (Å²) in [7, 11) is 1.37. The molecule has 1 aliphatic heterocycles. The van der Waals surface area contributed by atoms with E-state index in [9.17, 15) is 9.59 Å². The molecule has 0 saturated heterocycles. The number of nitrogens with one attached hydrogen (secondary N) is 1. The fourth-order valence-corrected chi connectivity index (χ4v) is 4.63. The SMILES string of the molecule is COC(=O)c1ccc2[nH]c3c(c2c1)CN(C(=O)Cc1csc(-c2ccco2)n1)CC3. The average Bonchev–Trinajstić information content (AvgIpc) is 3.51. The number of nitrogens with zero attached hydrogens (tertiary/aromatic N) is 2. The molecule has 7 nitrogen and oxygen atoms in total. The Morgan fingerprint density at radius 3 is 3.03 bits per heavy atom. The van der Waals surface area contributed by atoms with Crippen LogP contribution in [0, 0.1) is 0 Å². The van der Waals surface area contributed by atoms with E-state index in [2.05, 4.69) is 9.97 Å². The van der Waals surface area contributed by atoms with Gasteiger partial charge in [0.25, 0.3) is 0 Å². The Morgan fingerprint density at radius 1 is 1.33 bits per heavy atom. The summed E-state index contributed by atoms with van der Waals surface area (Å²) in [6, 6.07) is 9.14. The number of aromatic amines is 1. The average molecular weight is 421 g/mol. The highest BCUT2D eigenvalue weighted by atomic mass is 32.1. The maximum absolute atomic E-state index is 12.9. The van der Waals surface area contributed by atoms with Gasteiger partial charge in [-0.1, -0.05) is 0 Å². The van der Waals surface area contributed by atoms with E-state index in [0.29, 0.717) is 24.4 Å². The number of thiazole rings is 1. The maximum Gasteiger partial charge on any atom is 0.337 e. The molecule has 0 unspecified atom stereocenters. The number of aromatic nitrogens is 2. The normalized spacial score (nSPS) is 13.4. The predicted molar refractivity (Wildman–Crippen MR) is 112 cm³/mol. The van der Waals surface area contributed by atoms with Crippen LogP contribution in [0.4, 0.5) is 0 Å². The lowest BCUT2D eigenvalue weighted by atomic mass is 10.0. The molecule has 30 heavy (non-hydrogen) atoms. The quantitative estimate of drug-likeness (QED) is 0.507. The number of carbonyl (C=O) groups is 2. The zero-order valence-electron chi connectivity index (χ0n) is 16.3. The van der Waals surface area contributed by atoms with Crippen molar-refractivity contribution < 1.29 is 18.7 Å². The molecule has 0 radical (unpaired) electrons. The number of ether oxygens (including phenoxy) is 1. The lowest BCUT2D eigenvalue weighted by molar-refractivity contribution is -0.131. The van der Waals surface area contributed by atoms with Crippen molar-refractivity contribution in [2.45, 2.75) is 19.4 Å². The first kappa shape index (κ1) is 18.6. The number of hydrogen-bond acceptors (Lipinski definition) is 6. The van der Waals surface area contributed by atoms with Gasteiger partial charge in [-0.15, -0.1) is 11.3 Å². The van der Waals surface area contributed by atoms with Crippen molar-refractivity contribution >= 4 is 34.1 Å². The van der Waals surface area contributed by atoms with E-state index in [4.69, 9.17) is 9.15 Å². The molecule has 0 saturated carbocycles. The van der Waals surface area contributed by atoms with Gasteiger partial charge in [-0.25, -0.2) is 9.78 Å². The minimum atomic E-state index is -0.369. The standard InChI is InChI=1S/C22H19N3O4S/c1-28-22(27)13-4-5-17-15(9-13)16-11-25(7-6-18(16)24-17)20(26)10-14-12-30-21(23-14)19-3-2-8-29-19/h2-5,8-9,12,24H,6-7,10-11H2,1H3. The molecule has 0 aliphatic carbocycles. The second-order valence-corrected chi connectivity index (χ2v) is 8.06. The summed E-state index contributed by atoms with van der Waals surface area (Å²) in [4.78, 5) is 34.6. The minimum absolute atomic E-state index is 0.0374. The number of furan rings is 1. The minimum Gasteiger partial charge on any atom is -0.465 e. The predicted octanol–water partition coefficient (Wildman–Crippen LogP) is 3.80. The molecule has 1 aliphatic rings. The zero-order valence-corrected chi connectivity index (χ0v) is 17.1. The van der Waals surface area contributed by atoms with Crippen LogP contribution in [0.2, 0.25) is 0 Å². The Balaban J connectivity index is 1.35. The molecule has 0 atom stereocenters. The van der Waals surface area contributed by atoms with Gasteiger partial charge in [0.05, 0.1) is 31.1 Å². The molecule has 0 fully saturated rings. The molecule has 4 aromatic rings. The summed E-state index contributed by atoms with van der Waals surface area (Å²) in [5, 5.41) is 3.63. The van der Waals surface area contributed by atoms with Crippen LogP contribution < -0.4 is 0 Å². The number of carbonyl (C=O) groups excluding carboxylic acids is 2. The van der Waals surface area contributed by atoms with Crippen LogP contribution in [0.25, 0.3) is 21.7 Å². The Morgan fingerprint density at radius 2 is 2.23 bits per heavy atom. The summed E-state index contributed by atoms with van der Waals surface area (Å²) in [6.45, 7) is 1.16. The fourth-order valence-electron chi connectivity index (χ4n) is 3.84. The van der Waals surface area contributed by atoms with Crippen LogP contribution in [-0.4, -0.2) is 40.4 Å². The molecule has 1 amide bonds. The van der Waals surface area contributed by atoms with E-state index in [1.54, 1.807) is 12.3 Å². The second kappa shape index (κ2) is 7.46. The van der Waals surface area contributed by atoms with Crippen LogP contribution in [0.15, 0.2) is 46.4 Å². The number of H-pyrrole nitrogens is 1. The van der Waals surface area contributed by atoms with Crippen molar-refractivity contribution in [2.75, 3.05) is 13.7 Å². The number of esters is 1. The van der Waals surface area contributed by atoms with Gasteiger partial charge in [0.2, 0.25) is 5.91 Å². The lowest BCUT2D eigenvalue weighted by Crippen LogP contribution is -2.36. The number of fused-ring (bicyclic) bond motifs is 3. The molecular weight excluding hydrogens is 402 g/mol. The van der Waals surface area contributed by atoms with Crippen LogP contribution in [0.5, 0.6) is 0 Å². The third-order valence-corrected chi connectivity index (χ3v) is 6.27. The van der Waals surface area contributed by atoms with Crippen LogP contribution in [-0.2, 0) is 28.9 Å². The molecule has 3 aromatic heterocycles. The Hall–Kier alpha value is -3.39. The van der Waals surface area contributed by atoms with E-state index < -0.39 is 0 Å². The van der Waals surface area contributed by atoms with E-state index in [-0.39, 0.29) is 18.3 Å². The summed E-state index contributed by atoms with van der Waals surface area (Å²) in [5.74, 6) is 0.378. The third kappa shape index (κ3) is 3.29. The van der Waals surface area contributed by atoms with Gasteiger partial charge in [0.1, 0.15) is 0 Å². The Bertz CT molecular complexity index is 1240. The molecule has 8 heteroatoms. The number of rotatable bonds is 4. The third-order valence-electron chi connectivity index (χ3n) is 5.37. The molecule has 0 bridgehead atoms. The zero-order chi connectivity index (χ0) is 20.7. The van der Waals surface area contributed by atoms with E-state index in [1.807, 2.05) is 34.5 Å². The highest BCUT2D eigenvalue weighted by molar-refractivity contribution is 7.13. The smallest absolute Gasteiger partial charge is 0.337 e. The van der Waals surface area contributed by atoms with Gasteiger partial charge >= 0.3 is 5.97 Å². The highest BCUT2D eigenvalue weighted by Crippen LogP contribution is 2.29. The Labute approximate surface area is 176 Å². The largest absolute Gasteiger partial charge is 0.465 e. The van der Waals surface area contributed by atoms with E-state index in [1.165, 1.54) is 18.4 Å². The van der Waals surface area contributed by atoms with Gasteiger partial charge in [-0.2, -0.15) is 0 Å².